The lowest BCUT2D eigenvalue weighted by molar-refractivity contribution is -0.391. The van der Waals surface area contributed by atoms with E-state index in [4.69, 9.17) is 0 Å². The Labute approximate surface area is 59.6 Å². The van der Waals surface area contributed by atoms with E-state index >= 15 is 0 Å². The summed E-state index contributed by atoms with van der Waals surface area (Å²) in [6.45, 7) is 0.816. The van der Waals surface area contributed by atoms with Gasteiger partial charge in [-0.25, -0.2) is 4.98 Å². The standard InChI is InChI=1S/C8H8N2/c1-2-7-3-5-9-6-8(7)10-4-1/h1-2,4-5H,3,6H2/p+1. The van der Waals surface area contributed by atoms with E-state index in [-0.39, 0.29) is 0 Å². The van der Waals surface area contributed by atoms with E-state index in [9.17, 15) is 0 Å². The number of aromatic amines is 1. The summed E-state index contributed by atoms with van der Waals surface area (Å²) in [5.74, 6) is 0. The number of nitrogens with one attached hydrogen (secondary N) is 1. The van der Waals surface area contributed by atoms with Crippen molar-refractivity contribution in [2.75, 3.05) is 0 Å². The first-order chi connectivity index (χ1) is 4.97. The second-order valence-corrected chi connectivity index (χ2v) is 2.40. The minimum atomic E-state index is 0.816. The highest BCUT2D eigenvalue weighted by Crippen LogP contribution is 2.07. The minimum absolute atomic E-state index is 0.816. The Morgan fingerprint density at radius 3 is 3.40 bits per heavy atom. The van der Waals surface area contributed by atoms with Gasteiger partial charge in [0, 0.05) is 24.3 Å². The van der Waals surface area contributed by atoms with Crippen molar-refractivity contribution in [3.63, 3.8) is 0 Å². The van der Waals surface area contributed by atoms with E-state index in [0.29, 0.717) is 0 Å². The van der Waals surface area contributed by atoms with Gasteiger partial charge in [-0.3, -0.25) is 4.99 Å². The van der Waals surface area contributed by atoms with Crippen LogP contribution in [-0.2, 0) is 13.0 Å². The summed E-state index contributed by atoms with van der Waals surface area (Å²) in [7, 11) is 0. The lowest BCUT2D eigenvalue weighted by atomic mass is 10.1. The largest absolute Gasteiger partial charge is 0.286 e. The summed E-state index contributed by atoms with van der Waals surface area (Å²) in [6.07, 6.45) is 4.89. The predicted molar refractivity (Wildman–Crippen MR) is 38.9 cm³/mol. The quantitative estimate of drug-likeness (QED) is 0.496. The molecule has 0 saturated heterocycles. The molecule has 1 N–H and O–H groups in total. The number of H-pyrrole nitrogens is 1. The Balaban J connectivity index is 2.47. The summed E-state index contributed by atoms with van der Waals surface area (Å²) < 4.78 is 0. The van der Waals surface area contributed by atoms with Crippen molar-refractivity contribution in [2.45, 2.75) is 13.0 Å². The maximum atomic E-state index is 4.16. The second-order valence-electron chi connectivity index (χ2n) is 2.40. The maximum absolute atomic E-state index is 4.16. The Morgan fingerprint density at radius 1 is 1.50 bits per heavy atom. The zero-order valence-corrected chi connectivity index (χ0v) is 5.67. The summed E-state index contributed by atoms with van der Waals surface area (Å²) in [5.41, 5.74) is 2.63. The molecule has 0 unspecified atom stereocenters. The molecule has 0 aliphatic carbocycles. The fourth-order valence-electron chi connectivity index (χ4n) is 1.16. The Hall–Kier alpha value is -1.18. The Bertz CT molecular complexity index is 239. The van der Waals surface area contributed by atoms with Crippen molar-refractivity contribution in [3.8, 4) is 0 Å². The third kappa shape index (κ3) is 0.817. The molecule has 0 spiro atoms. The van der Waals surface area contributed by atoms with Crippen LogP contribution in [0.15, 0.2) is 23.3 Å². The van der Waals surface area contributed by atoms with Crippen LogP contribution >= 0.6 is 0 Å². The zero-order valence-electron chi connectivity index (χ0n) is 5.67. The first kappa shape index (κ1) is 5.59. The van der Waals surface area contributed by atoms with E-state index in [0.717, 1.165) is 13.0 Å². The maximum Gasteiger partial charge on any atom is 0.204 e. The lowest BCUT2D eigenvalue weighted by Gasteiger charge is -2.01. The van der Waals surface area contributed by atoms with Gasteiger partial charge >= 0.3 is 0 Å². The molecule has 1 aromatic rings. The molecular weight excluding hydrogens is 124 g/mol. The van der Waals surface area contributed by atoms with Gasteiger partial charge in [-0.15, -0.1) is 0 Å². The number of hydrogen-bond acceptors (Lipinski definition) is 1. The second kappa shape index (κ2) is 2.21. The van der Waals surface area contributed by atoms with Crippen molar-refractivity contribution in [1.82, 2.24) is 0 Å². The molecule has 2 nitrogen and oxygen atoms in total. The van der Waals surface area contributed by atoms with Crippen LogP contribution in [0.5, 0.6) is 0 Å². The van der Waals surface area contributed by atoms with E-state index < -0.39 is 0 Å². The number of rotatable bonds is 0. The van der Waals surface area contributed by atoms with Crippen LogP contribution in [0.3, 0.4) is 0 Å². The van der Waals surface area contributed by atoms with E-state index in [1.54, 1.807) is 0 Å². The molecule has 50 valence electrons. The zero-order chi connectivity index (χ0) is 6.81. The number of aliphatic imine (C=N–C) groups is 1. The van der Waals surface area contributed by atoms with Crippen LogP contribution < -0.4 is 4.98 Å². The summed E-state index contributed by atoms with van der Waals surface area (Å²) in [5, 5.41) is 0. The number of nitrogens with zero attached hydrogens (tertiary/aromatic N) is 1. The summed E-state index contributed by atoms with van der Waals surface area (Å²) in [4.78, 5) is 7.34. The SMILES string of the molecule is C1=NCc2[nH+]cccc2C1. The molecule has 0 fully saturated rings. The molecule has 1 aliphatic rings. The van der Waals surface area contributed by atoms with Gasteiger partial charge in [-0.1, -0.05) is 0 Å². The van der Waals surface area contributed by atoms with Crippen LogP contribution in [0, 0.1) is 0 Å². The Morgan fingerprint density at radius 2 is 2.50 bits per heavy atom. The van der Waals surface area contributed by atoms with Gasteiger partial charge in [0.2, 0.25) is 5.69 Å². The molecular formula is C8H9N2+. The summed E-state index contributed by atoms with van der Waals surface area (Å²) in [6, 6.07) is 4.16. The van der Waals surface area contributed by atoms with Gasteiger partial charge in [0.1, 0.15) is 6.54 Å². The summed E-state index contributed by atoms with van der Waals surface area (Å²) >= 11 is 0. The third-order valence-corrected chi connectivity index (χ3v) is 1.73. The molecule has 1 aromatic heterocycles. The molecule has 0 bridgehead atoms. The van der Waals surface area contributed by atoms with E-state index in [1.165, 1.54) is 11.3 Å². The third-order valence-electron chi connectivity index (χ3n) is 1.73. The normalized spacial score (nSPS) is 14.8. The first-order valence-electron chi connectivity index (χ1n) is 3.43. The van der Waals surface area contributed by atoms with Crippen LogP contribution in [-0.4, -0.2) is 6.21 Å². The van der Waals surface area contributed by atoms with Crippen molar-refractivity contribution in [2.24, 2.45) is 4.99 Å². The number of fused-ring (bicyclic) bond motifs is 1. The fourth-order valence-corrected chi connectivity index (χ4v) is 1.16. The van der Waals surface area contributed by atoms with Gasteiger partial charge in [0.15, 0.2) is 6.20 Å². The molecule has 2 rings (SSSR count). The fraction of sp³-hybridized carbons (Fsp3) is 0.250. The number of aromatic nitrogens is 1. The van der Waals surface area contributed by atoms with Gasteiger partial charge in [-0.05, 0) is 6.07 Å². The topological polar surface area (TPSA) is 26.5 Å². The smallest absolute Gasteiger partial charge is 0.204 e. The molecule has 0 radical (unpaired) electrons. The van der Waals surface area contributed by atoms with E-state index in [1.807, 2.05) is 18.5 Å². The number of hydrogen-bond donors (Lipinski definition) is 0. The van der Waals surface area contributed by atoms with Crippen LogP contribution in [0.25, 0.3) is 0 Å². The van der Waals surface area contributed by atoms with Crippen molar-refractivity contribution < 1.29 is 4.98 Å². The van der Waals surface area contributed by atoms with Crippen molar-refractivity contribution in [3.05, 3.63) is 29.6 Å². The van der Waals surface area contributed by atoms with Crippen molar-refractivity contribution in [1.29, 1.82) is 0 Å². The van der Waals surface area contributed by atoms with Gasteiger partial charge in [0.05, 0.1) is 0 Å². The highest BCUT2D eigenvalue weighted by Gasteiger charge is 2.09. The molecule has 0 saturated carbocycles. The average Bonchev–Trinajstić information content (AvgIpc) is 2.05. The minimum Gasteiger partial charge on any atom is -0.286 e. The molecule has 0 amide bonds. The predicted octanol–water partition coefficient (Wildman–Crippen LogP) is 0.628. The average molecular weight is 133 g/mol. The first-order valence-corrected chi connectivity index (χ1v) is 3.43. The highest BCUT2D eigenvalue weighted by atomic mass is 14.8. The van der Waals surface area contributed by atoms with Crippen LogP contribution in [0.1, 0.15) is 11.3 Å². The Kier molecular flexibility index (Phi) is 1.24. The van der Waals surface area contributed by atoms with Gasteiger partial charge in [-0.2, -0.15) is 0 Å². The molecule has 1 aliphatic heterocycles. The monoisotopic (exact) mass is 133 g/mol. The van der Waals surface area contributed by atoms with Gasteiger partial charge in [0.25, 0.3) is 0 Å². The lowest BCUT2D eigenvalue weighted by Crippen LogP contribution is -2.15. The van der Waals surface area contributed by atoms with Crippen LogP contribution in [0.2, 0.25) is 0 Å². The van der Waals surface area contributed by atoms with Gasteiger partial charge < -0.3 is 0 Å². The van der Waals surface area contributed by atoms with Crippen molar-refractivity contribution >= 4 is 6.21 Å². The van der Waals surface area contributed by atoms with Crippen LogP contribution in [0.4, 0.5) is 0 Å². The highest BCUT2D eigenvalue weighted by molar-refractivity contribution is 5.63. The molecule has 10 heavy (non-hydrogen) atoms. The molecule has 2 heteroatoms. The molecule has 0 atom stereocenters. The molecule has 0 aromatic carbocycles. The number of pyridine rings is 1. The molecule has 2 heterocycles. The van der Waals surface area contributed by atoms with E-state index in [2.05, 4.69) is 16.0 Å².